The van der Waals surface area contributed by atoms with E-state index in [1.54, 1.807) is 0 Å². The minimum atomic E-state index is -0.850. The molecule has 0 radical (unpaired) electrons. The average molecular weight is 400 g/mol. The van der Waals surface area contributed by atoms with Crippen LogP contribution in [0.3, 0.4) is 0 Å². The molecule has 2 atom stereocenters. The molecule has 7 heteroatoms. The van der Waals surface area contributed by atoms with Crippen molar-refractivity contribution in [2.24, 2.45) is 17.8 Å². The number of aromatic nitrogens is 2. The highest BCUT2D eigenvalue weighted by Gasteiger charge is 2.47. The second-order valence-corrected chi connectivity index (χ2v) is 7.67. The molecule has 1 heterocycles. The Hall–Kier alpha value is -2.65. The Morgan fingerprint density at radius 2 is 1.79 bits per heavy atom. The third kappa shape index (κ3) is 3.67. The first-order valence-electron chi connectivity index (χ1n) is 9.32. The highest BCUT2D eigenvalue weighted by Crippen LogP contribution is 2.46. The van der Waals surface area contributed by atoms with Gasteiger partial charge in [-0.3, -0.25) is 4.79 Å². The molecule has 5 rings (SSSR count). The maximum absolute atomic E-state index is 15.0. The van der Waals surface area contributed by atoms with Gasteiger partial charge < -0.3 is 10.4 Å². The molecule has 2 N–H and O–H groups in total. The molecule has 3 aliphatic rings. The van der Waals surface area contributed by atoms with E-state index < -0.39 is 17.7 Å². The first-order valence-corrected chi connectivity index (χ1v) is 9.70. The fourth-order valence-electron chi connectivity index (χ4n) is 4.42. The zero-order valence-corrected chi connectivity index (χ0v) is 15.8. The van der Waals surface area contributed by atoms with E-state index in [1.807, 2.05) is 30.3 Å². The number of fused-ring (bicyclic) bond motifs is 3. The van der Waals surface area contributed by atoms with Crippen LogP contribution in [-0.2, 0) is 4.79 Å². The van der Waals surface area contributed by atoms with E-state index in [0.717, 1.165) is 31.2 Å². The zero-order valence-electron chi connectivity index (χ0n) is 15.0. The van der Waals surface area contributed by atoms with Crippen molar-refractivity contribution in [2.75, 3.05) is 5.32 Å². The van der Waals surface area contributed by atoms with Crippen LogP contribution in [0.1, 0.15) is 36.9 Å². The Kier molecular flexibility index (Phi) is 5.19. The van der Waals surface area contributed by atoms with E-state index in [9.17, 15) is 14.3 Å². The van der Waals surface area contributed by atoms with Crippen LogP contribution < -0.4 is 5.32 Å². The summed E-state index contributed by atoms with van der Waals surface area (Å²) < 4.78 is 15.0. The molecule has 28 heavy (non-hydrogen) atoms. The van der Waals surface area contributed by atoms with Crippen molar-refractivity contribution in [3.8, 4) is 11.8 Å². The first kappa shape index (κ1) is 18.7. The number of anilines is 1. The van der Waals surface area contributed by atoms with Crippen molar-refractivity contribution >= 4 is 23.4 Å². The molecule has 0 spiro atoms. The number of rotatable bonds is 3. The SMILES string of the molecule is O=C(O)C1C2CCC(CC2)C1Nc1nc(Cl)nc(C#Cc2ccccc2)c1F. The maximum Gasteiger partial charge on any atom is 0.308 e. The number of nitrogens with zero attached hydrogens (tertiary/aromatic N) is 2. The van der Waals surface area contributed by atoms with Crippen LogP contribution >= 0.6 is 11.6 Å². The van der Waals surface area contributed by atoms with Crippen molar-refractivity contribution in [3.05, 3.63) is 52.7 Å². The lowest BCUT2D eigenvalue weighted by Crippen LogP contribution is -2.51. The van der Waals surface area contributed by atoms with Crippen LogP contribution in [0.5, 0.6) is 0 Å². The molecule has 1 aromatic carbocycles. The monoisotopic (exact) mass is 399 g/mol. The second-order valence-electron chi connectivity index (χ2n) is 7.33. The third-order valence-electron chi connectivity index (χ3n) is 5.73. The highest BCUT2D eigenvalue weighted by molar-refractivity contribution is 6.28. The minimum absolute atomic E-state index is 0.0823. The Labute approximate surface area is 167 Å². The molecule has 0 amide bonds. The Bertz CT molecular complexity index is 949. The fraction of sp³-hybridized carbons (Fsp3) is 0.381. The van der Waals surface area contributed by atoms with Crippen LogP contribution in [-0.4, -0.2) is 27.1 Å². The summed E-state index contributed by atoms with van der Waals surface area (Å²) in [5.41, 5.74) is 0.612. The largest absolute Gasteiger partial charge is 0.481 e. The van der Waals surface area contributed by atoms with Gasteiger partial charge in [-0.25, -0.2) is 4.98 Å². The zero-order chi connectivity index (χ0) is 19.7. The van der Waals surface area contributed by atoms with Gasteiger partial charge in [0.25, 0.3) is 0 Å². The number of nitrogens with one attached hydrogen (secondary N) is 1. The molecular weight excluding hydrogens is 381 g/mol. The van der Waals surface area contributed by atoms with Gasteiger partial charge in [-0.15, -0.1) is 0 Å². The van der Waals surface area contributed by atoms with Gasteiger partial charge >= 0.3 is 5.97 Å². The number of carbonyl (C=O) groups is 1. The molecular formula is C21H19ClFN3O2. The molecule has 5 nitrogen and oxygen atoms in total. The number of carboxylic acid groups (broad SMARTS) is 1. The lowest BCUT2D eigenvalue weighted by Gasteiger charge is -2.47. The molecule has 0 aliphatic heterocycles. The number of hydrogen-bond acceptors (Lipinski definition) is 4. The molecule has 1 aromatic heterocycles. The number of benzene rings is 1. The summed E-state index contributed by atoms with van der Waals surface area (Å²) in [6.45, 7) is 0. The quantitative estimate of drug-likeness (QED) is 0.603. The van der Waals surface area contributed by atoms with E-state index in [-0.39, 0.29) is 34.7 Å². The van der Waals surface area contributed by atoms with Gasteiger partial charge in [0.1, 0.15) is 0 Å². The van der Waals surface area contributed by atoms with Gasteiger partial charge in [0.05, 0.1) is 5.92 Å². The molecule has 144 valence electrons. The maximum atomic E-state index is 15.0. The van der Waals surface area contributed by atoms with Gasteiger partial charge in [-0.1, -0.05) is 24.1 Å². The van der Waals surface area contributed by atoms with Crippen molar-refractivity contribution in [1.29, 1.82) is 0 Å². The Morgan fingerprint density at radius 1 is 1.11 bits per heavy atom. The molecule has 3 aliphatic carbocycles. The summed E-state index contributed by atoms with van der Waals surface area (Å²) in [6, 6.07) is 8.79. The molecule has 3 saturated carbocycles. The van der Waals surface area contributed by atoms with Crippen LogP contribution in [0.4, 0.5) is 10.2 Å². The topological polar surface area (TPSA) is 75.1 Å². The van der Waals surface area contributed by atoms with Gasteiger partial charge in [0, 0.05) is 11.6 Å². The summed E-state index contributed by atoms with van der Waals surface area (Å²) in [7, 11) is 0. The molecule has 3 fully saturated rings. The predicted octanol–water partition coefficient (Wildman–Crippen LogP) is 3.97. The van der Waals surface area contributed by atoms with Gasteiger partial charge in [0.2, 0.25) is 5.28 Å². The van der Waals surface area contributed by atoms with Gasteiger partial charge in [-0.05, 0) is 67.2 Å². The number of halogens is 2. The predicted molar refractivity (Wildman–Crippen MR) is 103 cm³/mol. The second kappa shape index (κ2) is 7.76. The van der Waals surface area contributed by atoms with Crippen molar-refractivity contribution in [1.82, 2.24) is 9.97 Å². The summed E-state index contributed by atoms with van der Waals surface area (Å²) >= 11 is 5.99. The number of carboxylic acids is 1. The summed E-state index contributed by atoms with van der Waals surface area (Å²) in [6.07, 6.45) is 3.68. The average Bonchev–Trinajstić information content (AvgIpc) is 2.70. The summed E-state index contributed by atoms with van der Waals surface area (Å²) in [4.78, 5) is 19.7. The van der Waals surface area contributed by atoms with Crippen LogP contribution in [0.15, 0.2) is 30.3 Å². The number of hydrogen-bond donors (Lipinski definition) is 2. The van der Waals surface area contributed by atoms with Crippen molar-refractivity contribution < 1.29 is 14.3 Å². The lowest BCUT2D eigenvalue weighted by atomic mass is 9.61. The number of aliphatic carboxylic acids is 1. The van der Waals surface area contributed by atoms with E-state index in [0.29, 0.717) is 0 Å². The van der Waals surface area contributed by atoms with Crippen LogP contribution in [0.2, 0.25) is 5.28 Å². The van der Waals surface area contributed by atoms with E-state index in [1.165, 1.54) is 0 Å². The van der Waals surface area contributed by atoms with E-state index in [2.05, 4.69) is 27.1 Å². The smallest absolute Gasteiger partial charge is 0.308 e. The lowest BCUT2D eigenvalue weighted by molar-refractivity contribution is -0.148. The Balaban J connectivity index is 1.64. The van der Waals surface area contributed by atoms with E-state index in [4.69, 9.17) is 11.6 Å². The minimum Gasteiger partial charge on any atom is -0.481 e. The Morgan fingerprint density at radius 3 is 2.46 bits per heavy atom. The van der Waals surface area contributed by atoms with Crippen LogP contribution in [0, 0.1) is 35.4 Å². The molecule has 0 saturated heterocycles. The molecule has 2 aromatic rings. The first-order chi connectivity index (χ1) is 13.5. The molecule has 2 bridgehead atoms. The third-order valence-corrected chi connectivity index (χ3v) is 5.90. The van der Waals surface area contributed by atoms with Crippen molar-refractivity contribution in [2.45, 2.75) is 31.7 Å². The standard InChI is InChI=1S/C21H19ClFN3O2/c22-21-24-15(11-6-12-4-2-1-3-5-12)17(23)19(26-21)25-18-14-9-7-13(8-10-14)16(18)20(27)28/h1-5,13-14,16,18H,7-10H2,(H,27,28)(H,24,25,26). The van der Waals surface area contributed by atoms with Gasteiger partial charge in [-0.2, -0.15) is 9.37 Å². The normalized spacial score (nSPS) is 25.6. The summed E-state index contributed by atoms with van der Waals surface area (Å²) in [5.74, 6) is 3.64. The van der Waals surface area contributed by atoms with Crippen molar-refractivity contribution in [3.63, 3.8) is 0 Å². The highest BCUT2D eigenvalue weighted by atomic mass is 35.5. The summed E-state index contributed by atoms with van der Waals surface area (Å²) in [5, 5.41) is 12.6. The van der Waals surface area contributed by atoms with E-state index >= 15 is 0 Å². The fourth-order valence-corrected chi connectivity index (χ4v) is 4.59. The van der Waals surface area contributed by atoms with Crippen LogP contribution in [0.25, 0.3) is 0 Å². The molecule has 2 unspecified atom stereocenters. The van der Waals surface area contributed by atoms with Gasteiger partial charge in [0.15, 0.2) is 17.3 Å².